The van der Waals surface area contributed by atoms with Crippen LogP contribution in [0.25, 0.3) is 0 Å². The number of sulfonamides is 1. The maximum absolute atomic E-state index is 12.7. The molecule has 146 valence electrons. The lowest BCUT2D eigenvalue weighted by Gasteiger charge is -2.20. The average molecular weight is 431 g/mol. The monoisotopic (exact) mass is 430 g/mol. The number of nitrogens with one attached hydrogen (secondary N) is 1. The van der Waals surface area contributed by atoms with Gasteiger partial charge in [0.1, 0.15) is 0 Å². The van der Waals surface area contributed by atoms with Crippen LogP contribution in [0.4, 0.5) is 5.69 Å². The number of anilines is 1. The molecule has 0 aliphatic heterocycles. The van der Waals surface area contributed by atoms with Crippen molar-refractivity contribution in [2.75, 3.05) is 31.6 Å². The van der Waals surface area contributed by atoms with Gasteiger partial charge < -0.3 is 10.1 Å². The molecule has 0 aromatic heterocycles. The first-order valence-electron chi connectivity index (χ1n) is 8.08. The summed E-state index contributed by atoms with van der Waals surface area (Å²) in [5, 5.41) is 3.34. The van der Waals surface area contributed by atoms with Crippen molar-refractivity contribution < 1.29 is 17.9 Å². The molecule has 0 heterocycles. The lowest BCUT2D eigenvalue weighted by molar-refractivity contribution is 0.0949. The van der Waals surface area contributed by atoms with Gasteiger partial charge in [-0.05, 0) is 48.9 Å². The molecule has 2 rings (SSSR count). The Bertz CT molecular complexity index is 902. The van der Waals surface area contributed by atoms with Crippen LogP contribution in [0.2, 0.25) is 10.0 Å². The smallest absolute Gasteiger partial charge is 0.264 e. The Morgan fingerprint density at radius 2 is 1.81 bits per heavy atom. The van der Waals surface area contributed by atoms with E-state index in [4.69, 9.17) is 27.9 Å². The Hall–Kier alpha value is -1.80. The van der Waals surface area contributed by atoms with Gasteiger partial charge in [0.2, 0.25) is 0 Å². The zero-order valence-electron chi connectivity index (χ0n) is 14.9. The number of nitrogens with zero attached hydrogens (tertiary/aromatic N) is 1. The number of carbonyl (C=O) groups is 1. The predicted octanol–water partition coefficient (Wildman–Crippen LogP) is 3.58. The number of hydrogen-bond donors (Lipinski definition) is 1. The molecular weight excluding hydrogens is 411 g/mol. The van der Waals surface area contributed by atoms with E-state index in [1.807, 2.05) is 0 Å². The zero-order valence-corrected chi connectivity index (χ0v) is 17.2. The highest BCUT2D eigenvalue weighted by Crippen LogP contribution is 2.27. The molecular formula is C18H20Cl2N2O4S. The van der Waals surface area contributed by atoms with Crippen LogP contribution in [0, 0.1) is 0 Å². The Morgan fingerprint density at radius 1 is 1.15 bits per heavy atom. The number of halogens is 2. The second-order valence-corrected chi connectivity index (χ2v) is 8.51. The van der Waals surface area contributed by atoms with Gasteiger partial charge in [-0.15, -0.1) is 0 Å². The van der Waals surface area contributed by atoms with Gasteiger partial charge in [0.15, 0.2) is 0 Å². The molecule has 27 heavy (non-hydrogen) atoms. The van der Waals surface area contributed by atoms with Crippen molar-refractivity contribution in [3.8, 4) is 0 Å². The van der Waals surface area contributed by atoms with Crippen molar-refractivity contribution in [3.05, 3.63) is 58.1 Å². The minimum absolute atomic E-state index is 0.102. The molecule has 0 atom stereocenters. The normalized spacial score (nSPS) is 11.3. The van der Waals surface area contributed by atoms with Crippen LogP contribution in [0.15, 0.2) is 47.4 Å². The number of amides is 1. The maximum Gasteiger partial charge on any atom is 0.264 e. The first-order valence-corrected chi connectivity index (χ1v) is 10.3. The summed E-state index contributed by atoms with van der Waals surface area (Å²) in [6.07, 6.45) is 0.681. The van der Waals surface area contributed by atoms with Crippen molar-refractivity contribution in [2.24, 2.45) is 0 Å². The highest BCUT2D eigenvalue weighted by atomic mass is 35.5. The average Bonchev–Trinajstić information content (AvgIpc) is 2.64. The predicted molar refractivity (Wildman–Crippen MR) is 107 cm³/mol. The maximum atomic E-state index is 12.7. The zero-order chi connectivity index (χ0) is 20.0. The summed E-state index contributed by atoms with van der Waals surface area (Å²) < 4.78 is 31.5. The van der Waals surface area contributed by atoms with Gasteiger partial charge in [-0.2, -0.15) is 0 Å². The third kappa shape index (κ3) is 5.35. The van der Waals surface area contributed by atoms with Crippen molar-refractivity contribution >= 4 is 44.8 Å². The summed E-state index contributed by atoms with van der Waals surface area (Å²) in [4.78, 5) is 12.3. The van der Waals surface area contributed by atoms with Crippen LogP contribution in [0.3, 0.4) is 0 Å². The third-order valence-corrected chi connectivity index (χ3v) is 6.21. The van der Waals surface area contributed by atoms with Gasteiger partial charge in [0, 0.05) is 32.3 Å². The Balaban J connectivity index is 2.18. The van der Waals surface area contributed by atoms with E-state index in [1.165, 1.54) is 49.5 Å². The SMILES string of the molecule is COCCCNC(=O)c1ccc(N(C)S(=O)(=O)c2ccc(Cl)cc2)cc1Cl. The van der Waals surface area contributed by atoms with Crippen LogP contribution >= 0.6 is 23.2 Å². The van der Waals surface area contributed by atoms with Gasteiger partial charge in [0.25, 0.3) is 15.9 Å². The lowest BCUT2D eigenvalue weighted by atomic mass is 10.2. The number of rotatable bonds is 8. The minimum atomic E-state index is -3.78. The highest BCUT2D eigenvalue weighted by molar-refractivity contribution is 7.92. The highest BCUT2D eigenvalue weighted by Gasteiger charge is 2.22. The topological polar surface area (TPSA) is 75.7 Å². The fourth-order valence-corrected chi connectivity index (χ4v) is 3.88. The molecule has 0 saturated carbocycles. The quantitative estimate of drug-likeness (QED) is 0.649. The number of methoxy groups -OCH3 is 1. The number of ether oxygens (including phenoxy) is 1. The number of hydrogen-bond acceptors (Lipinski definition) is 4. The van der Waals surface area contributed by atoms with E-state index in [1.54, 1.807) is 7.11 Å². The summed E-state index contributed by atoms with van der Waals surface area (Å²) >= 11 is 12.0. The molecule has 0 fully saturated rings. The van der Waals surface area contributed by atoms with E-state index in [2.05, 4.69) is 5.32 Å². The molecule has 0 spiro atoms. The molecule has 1 N–H and O–H groups in total. The fraction of sp³-hybridized carbons (Fsp3) is 0.278. The first kappa shape index (κ1) is 21.5. The lowest BCUT2D eigenvalue weighted by Crippen LogP contribution is -2.27. The molecule has 0 radical (unpaired) electrons. The van der Waals surface area contributed by atoms with Gasteiger partial charge >= 0.3 is 0 Å². The van der Waals surface area contributed by atoms with E-state index in [0.717, 1.165) is 4.31 Å². The molecule has 9 heteroatoms. The summed E-state index contributed by atoms with van der Waals surface area (Å²) in [5.41, 5.74) is 0.612. The molecule has 1 amide bonds. The van der Waals surface area contributed by atoms with E-state index in [9.17, 15) is 13.2 Å². The van der Waals surface area contributed by atoms with Crippen LogP contribution in [-0.2, 0) is 14.8 Å². The molecule has 2 aromatic carbocycles. The second-order valence-electron chi connectivity index (χ2n) is 5.69. The van der Waals surface area contributed by atoms with Gasteiger partial charge in [-0.3, -0.25) is 9.10 Å². The van der Waals surface area contributed by atoms with Crippen molar-refractivity contribution in [3.63, 3.8) is 0 Å². The van der Waals surface area contributed by atoms with Crippen molar-refractivity contribution in [1.82, 2.24) is 5.32 Å². The van der Waals surface area contributed by atoms with Gasteiger partial charge in [0.05, 0.1) is 21.2 Å². The summed E-state index contributed by atoms with van der Waals surface area (Å²) in [6.45, 7) is 0.996. The molecule has 6 nitrogen and oxygen atoms in total. The van der Waals surface area contributed by atoms with Crippen molar-refractivity contribution in [1.29, 1.82) is 0 Å². The second kappa shape index (κ2) is 9.41. The van der Waals surface area contributed by atoms with E-state index in [-0.39, 0.29) is 21.4 Å². The molecule has 0 aliphatic rings. The third-order valence-electron chi connectivity index (χ3n) is 3.84. The van der Waals surface area contributed by atoms with E-state index >= 15 is 0 Å². The molecule has 2 aromatic rings. The summed E-state index contributed by atoms with van der Waals surface area (Å²) in [5.74, 6) is -0.328. The summed E-state index contributed by atoms with van der Waals surface area (Å²) in [7, 11) is -0.771. The van der Waals surface area contributed by atoms with Crippen LogP contribution in [-0.4, -0.2) is 41.6 Å². The largest absolute Gasteiger partial charge is 0.385 e. The van der Waals surface area contributed by atoms with Crippen LogP contribution in [0.1, 0.15) is 16.8 Å². The van der Waals surface area contributed by atoms with Crippen molar-refractivity contribution in [2.45, 2.75) is 11.3 Å². The number of carbonyl (C=O) groups excluding carboxylic acids is 1. The molecule has 0 bridgehead atoms. The van der Waals surface area contributed by atoms with E-state index in [0.29, 0.717) is 30.3 Å². The summed E-state index contributed by atoms with van der Waals surface area (Å²) in [6, 6.07) is 10.3. The van der Waals surface area contributed by atoms with Gasteiger partial charge in [-0.25, -0.2) is 8.42 Å². The fourth-order valence-electron chi connectivity index (χ4n) is 2.30. The molecule has 0 saturated heterocycles. The van der Waals surface area contributed by atoms with Gasteiger partial charge in [-0.1, -0.05) is 23.2 Å². The molecule has 0 aliphatic carbocycles. The minimum Gasteiger partial charge on any atom is -0.385 e. The number of benzene rings is 2. The Kier molecular flexibility index (Phi) is 7.49. The standard InChI is InChI=1S/C18H20Cl2N2O4S/c1-22(27(24,25)15-7-4-13(19)5-8-15)14-6-9-16(17(20)12-14)18(23)21-10-3-11-26-2/h4-9,12H,3,10-11H2,1-2H3,(H,21,23). The molecule has 0 unspecified atom stereocenters. The Morgan fingerprint density at radius 3 is 2.41 bits per heavy atom. The van der Waals surface area contributed by atoms with Crippen LogP contribution < -0.4 is 9.62 Å². The van der Waals surface area contributed by atoms with E-state index < -0.39 is 10.0 Å². The Labute approximate surface area is 169 Å². The van der Waals surface area contributed by atoms with Crippen LogP contribution in [0.5, 0.6) is 0 Å². The first-order chi connectivity index (χ1) is 12.8.